The summed E-state index contributed by atoms with van der Waals surface area (Å²) in [6, 6.07) is 16.0. The molecule has 27 heavy (non-hydrogen) atoms. The Kier molecular flexibility index (Phi) is 8.39. The van der Waals surface area contributed by atoms with Crippen molar-refractivity contribution in [2.75, 3.05) is 26.8 Å². The first-order valence-corrected chi connectivity index (χ1v) is 9.11. The molecule has 0 atom stereocenters. The summed E-state index contributed by atoms with van der Waals surface area (Å²) in [5.41, 5.74) is 3.55. The first-order valence-electron chi connectivity index (χ1n) is 9.11. The molecule has 2 aromatic carbocycles. The third kappa shape index (κ3) is 7.15. The Hall–Kier alpha value is -2.79. The number of methoxy groups -OCH3 is 1. The van der Waals surface area contributed by atoms with Gasteiger partial charge in [-0.1, -0.05) is 48.0 Å². The molecule has 5 heteroatoms. The fourth-order valence-corrected chi connectivity index (χ4v) is 2.62. The molecule has 0 aliphatic carbocycles. The van der Waals surface area contributed by atoms with Gasteiger partial charge in [0.1, 0.15) is 0 Å². The molecule has 1 amide bonds. The van der Waals surface area contributed by atoms with Crippen molar-refractivity contribution in [1.29, 1.82) is 0 Å². The Bertz CT molecular complexity index is 757. The van der Waals surface area contributed by atoms with Crippen LogP contribution in [0, 0.1) is 0 Å². The van der Waals surface area contributed by atoms with E-state index in [2.05, 4.69) is 35.8 Å². The molecule has 0 aliphatic rings. The standard InChI is InChI=1S/C22H28N2O3/c1-4-24-22(25)16-27-20-11-10-19(13-21(20)26-3)15-23-14-17(2)12-18-8-6-5-7-9-18/h5-13,23H,4,14-16H2,1-3H3,(H,24,25)/b17-12+. The lowest BCUT2D eigenvalue weighted by Gasteiger charge is -2.12. The molecule has 5 nitrogen and oxygen atoms in total. The smallest absolute Gasteiger partial charge is 0.257 e. The molecule has 0 aromatic heterocycles. The summed E-state index contributed by atoms with van der Waals surface area (Å²) in [7, 11) is 1.60. The Morgan fingerprint density at radius 2 is 1.89 bits per heavy atom. The minimum absolute atomic E-state index is 0.0225. The molecule has 0 radical (unpaired) electrons. The number of carbonyl (C=O) groups is 1. The fraction of sp³-hybridized carbons (Fsp3) is 0.318. The molecule has 2 N–H and O–H groups in total. The molecular formula is C22H28N2O3. The zero-order chi connectivity index (χ0) is 19.5. The zero-order valence-corrected chi connectivity index (χ0v) is 16.2. The summed E-state index contributed by atoms with van der Waals surface area (Å²) in [6.45, 7) is 6.06. The number of benzene rings is 2. The second kappa shape index (κ2) is 11.0. The van der Waals surface area contributed by atoms with Crippen LogP contribution in [0.25, 0.3) is 6.08 Å². The van der Waals surface area contributed by atoms with Gasteiger partial charge in [-0.25, -0.2) is 0 Å². The fourth-order valence-electron chi connectivity index (χ4n) is 2.62. The topological polar surface area (TPSA) is 59.6 Å². The van der Waals surface area contributed by atoms with Crippen molar-refractivity contribution in [2.24, 2.45) is 0 Å². The van der Waals surface area contributed by atoms with Crippen molar-refractivity contribution in [3.8, 4) is 11.5 Å². The van der Waals surface area contributed by atoms with Crippen LogP contribution in [0.2, 0.25) is 0 Å². The van der Waals surface area contributed by atoms with Crippen LogP contribution in [-0.2, 0) is 11.3 Å². The molecule has 0 heterocycles. The lowest BCUT2D eigenvalue weighted by atomic mass is 10.1. The van der Waals surface area contributed by atoms with Crippen LogP contribution in [0.1, 0.15) is 25.0 Å². The number of hydrogen-bond donors (Lipinski definition) is 2. The van der Waals surface area contributed by atoms with Crippen LogP contribution in [0.5, 0.6) is 11.5 Å². The zero-order valence-electron chi connectivity index (χ0n) is 16.2. The van der Waals surface area contributed by atoms with E-state index < -0.39 is 0 Å². The number of amides is 1. The largest absolute Gasteiger partial charge is 0.493 e. The third-order valence-electron chi connectivity index (χ3n) is 3.91. The summed E-state index contributed by atoms with van der Waals surface area (Å²) in [5, 5.41) is 6.13. The number of rotatable bonds is 10. The van der Waals surface area contributed by atoms with Crippen LogP contribution in [0.15, 0.2) is 54.1 Å². The van der Waals surface area contributed by atoms with Crippen molar-refractivity contribution in [3.63, 3.8) is 0 Å². The first-order chi connectivity index (χ1) is 13.1. The molecule has 2 rings (SSSR count). The van der Waals surface area contributed by atoms with Gasteiger partial charge in [0.2, 0.25) is 0 Å². The SMILES string of the molecule is CCNC(=O)COc1ccc(CNC/C(C)=C/c2ccccc2)cc1OC. The molecule has 0 unspecified atom stereocenters. The van der Waals surface area contributed by atoms with Crippen LogP contribution in [-0.4, -0.2) is 32.7 Å². The summed E-state index contributed by atoms with van der Waals surface area (Å²) < 4.78 is 10.9. The normalized spacial score (nSPS) is 11.1. The van der Waals surface area contributed by atoms with E-state index in [0.717, 1.165) is 12.1 Å². The maximum atomic E-state index is 11.5. The van der Waals surface area contributed by atoms with Gasteiger partial charge in [0.15, 0.2) is 18.1 Å². The highest BCUT2D eigenvalue weighted by molar-refractivity contribution is 5.77. The number of ether oxygens (including phenoxy) is 2. The van der Waals surface area contributed by atoms with Gasteiger partial charge in [-0.15, -0.1) is 0 Å². The van der Waals surface area contributed by atoms with E-state index in [1.807, 2.05) is 43.3 Å². The summed E-state index contributed by atoms with van der Waals surface area (Å²) in [6.07, 6.45) is 2.17. The molecule has 0 saturated heterocycles. The van der Waals surface area contributed by atoms with Gasteiger partial charge < -0.3 is 20.1 Å². The van der Waals surface area contributed by atoms with Gasteiger partial charge in [0.05, 0.1) is 7.11 Å². The van der Waals surface area contributed by atoms with Gasteiger partial charge in [-0.2, -0.15) is 0 Å². The van der Waals surface area contributed by atoms with E-state index >= 15 is 0 Å². The van der Waals surface area contributed by atoms with Crippen molar-refractivity contribution in [2.45, 2.75) is 20.4 Å². The van der Waals surface area contributed by atoms with Gasteiger partial charge in [-0.3, -0.25) is 4.79 Å². The molecule has 0 spiro atoms. The number of likely N-dealkylation sites (N-methyl/N-ethyl adjacent to an activating group) is 1. The van der Waals surface area contributed by atoms with E-state index in [-0.39, 0.29) is 12.5 Å². The second-order valence-electron chi connectivity index (χ2n) is 6.23. The molecule has 0 fully saturated rings. The number of carbonyl (C=O) groups excluding carboxylic acids is 1. The van der Waals surface area contributed by atoms with Gasteiger partial charge in [0, 0.05) is 19.6 Å². The Morgan fingerprint density at radius 1 is 1.11 bits per heavy atom. The molecule has 0 aliphatic heterocycles. The highest BCUT2D eigenvalue weighted by Crippen LogP contribution is 2.28. The Labute approximate surface area is 161 Å². The van der Waals surface area contributed by atoms with Gasteiger partial charge in [-0.05, 0) is 37.1 Å². The second-order valence-corrected chi connectivity index (χ2v) is 6.23. The van der Waals surface area contributed by atoms with Crippen molar-refractivity contribution in [1.82, 2.24) is 10.6 Å². The van der Waals surface area contributed by atoms with E-state index in [1.54, 1.807) is 7.11 Å². The average molecular weight is 368 g/mol. The predicted molar refractivity (Wildman–Crippen MR) is 109 cm³/mol. The Balaban J connectivity index is 1.87. The molecular weight excluding hydrogens is 340 g/mol. The van der Waals surface area contributed by atoms with Crippen molar-refractivity contribution in [3.05, 3.63) is 65.2 Å². The minimum Gasteiger partial charge on any atom is -0.493 e. The lowest BCUT2D eigenvalue weighted by molar-refractivity contribution is -0.123. The van der Waals surface area contributed by atoms with Gasteiger partial charge in [0.25, 0.3) is 5.91 Å². The van der Waals surface area contributed by atoms with Crippen molar-refractivity contribution >= 4 is 12.0 Å². The minimum atomic E-state index is -0.147. The maximum absolute atomic E-state index is 11.5. The number of hydrogen-bond acceptors (Lipinski definition) is 4. The molecule has 144 valence electrons. The van der Waals surface area contributed by atoms with E-state index in [4.69, 9.17) is 9.47 Å². The highest BCUT2D eigenvalue weighted by Gasteiger charge is 2.08. The van der Waals surface area contributed by atoms with Crippen LogP contribution in [0.4, 0.5) is 0 Å². The summed E-state index contributed by atoms with van der Waals surface area (Å²) in [4.78, 5) is 11.5. The predicted octanol–water partition coefficient (Wildman–Crippen LogP) is 3.40. The highest BCUT2D eigenvalue weighted by atomic mass is 16.5. The van der Waals surface area contributed by atoms with E-state index in [9.17, 15) is 4.79 Å². The van der Waals surface area contributed by atoms with Crippen LogP contribution >= 0.6 is 0 Å². The molecule has 2 aromatic rings. The lowest BCUT2D eigenvalue weighted by Crippen LogP contribution is -2.28. The average Bonchev–Trinajstić information content (AvgIpc) is 2.67. The Morgan fingerprint density at radius 3 is 2.59 bits per heavy atom. The van der Waals surface area contributed by atoms with Crippen LogP contribution < -0.4 is 20.1 Å². The summed E-state index contributed by atoms with van der Waals surface area (Å²) in [5.74, 6) is 1.04. The van der Waals surface area contributed by atoms with E-state index in [1.165, 1.54) is 11.1 Å². The van der Waals surface area contributed by atoms with Crippen LogP contribution in [0.3, 0.4) is 0 Å². The molecule has 0 bridgehead atoms. The van der Waals surface area contributed by atoms with Gasteiger partial charge >= 0.3 is 0 Å². The van der Waals surface area contributed by atoms with Crippen molar-refractivity contribution < 1.29 is 14.3 Å². The maximum Gasteiger partial charge on any atom is 0.257 e. The number of nitrogens with one attached hydrogen (secondary N) is 2. The quantitative estimate of drug-likeness (QED) is 0.675. The monoisotopic (exact) mass is 368 g/mol. The summed E-state index contributed by atoms with van der Waals surface area (Å²) >= 11 is 0. The van der Waals surface area contributed by atoms with E-state index in [0.29, 0.717) is 24.6 Å². The first kappa shape index (κ1) is 20.5. The molecule has 0 saturated carbocycles. The third-order valence-corrected chi connectivity index (χ3v) is 3.91.